The first-order chi connectivity index (χ1) is 15.8. The van der Waals surface area contributed by atoms with E-state index in [2.05, 4.69) is 10.1 Å². The minimum atomic E-state index is -4.87. The van der Waals surface area contributed by atoms with Gasteiger partial charge in [0.1, 0.15) is 10.8 Å². The summed E-state index contributed by atoms with van der Waals surface area (Å²) in [5, 5.41) is 3.28. The van der Waals surface area contributed by atoms with Crippen molar-refractivity contribution in [3.8, 4) is 5.75 Å². The third-order valence-corrected chi connectivity index (χ3v) is 7.84. The lowest BCUT2D eigenvalue weighted by Crippen LogP contribution is -2.38. The molecule has 1 aromatic heterocycles. The smallest absolute Gasteiger partial charge is 0.406 e. The Morgan fingerprint density at radius 3 is 2.24 bits per heavy atom. The highest BCUT2D eigenvalue weighted by molar-refractivity contribution is 7.93. The second-order valence-electron chi connectivity index (χ2n) is 7.33. The number of alkyl halides is 6. The number of aryl methyl sites for hydroxylation is 1. The summed E-state index contributed by atoms with van der Waals surface area (Å²) in [7, 11) is -4.10. The van der Waals surface area contributed by atoms with Gasteiger partial charge in [-0.1, -0.05) is 30.3 Å². The Bertz CT molecular complexity index is 1220. The van der Waals surface area contributed by atoms with Crippen LogP contribution in [-0.4, -0.2) is 39.8 Å². The number of hydrogen-bond donors (Lipinski definition) is 1. The molecular weight excluding hydrogens is 506 g/mol. The third kappa shape index (κ3) is 7.00. The summed E-state index contributed by atoms with van der Waals surface area (Å²) in [4.78, 5) is 0. The Kier molecular flexibility index (Phi) is 7.68. The predicted octanol–water partition coefficient (Wildman–Crippen LogP) is 5.60. The normalized spacial score (nSPS) is 12.8. The highest BCUT2D eigenvalue weighted by atomic mass is 32.2. The van der Waals surface area contributed by atoms with Crippen molar-refractivity contribution in [3.63, 3.8) is 0 Å². The van der Waals surface area contributed by atoms with Gasteiger partial charge in [-0.2, -0.15) is 13.2 Å². The van der Waals surface area contributed by atoms with Gasteiger partial charge in [0.15, 0.2) is 0 Å². The van der Waals surface area contributed by atoms with Crippen molar-refractivity contribution in [2.45, 2.75) is 26.0 Å². The van der Waals surface area contributed by atoms with Gasteiger partial charge in [0.25, 0.3) is 0 Å². The van der Waals surface area contributed by atoms with Crippen LogP contribution in [0.3, 0.4) is 0 Å². The van der Waals surface area contributed by atoms with E-state index in [9.17, 15) is 34.8 Å². The summed E-state index contributed by atoms with van der Waals surface area (Å²) in [6, 6.07) is 12.0. The summed E-state index contributed by atoms with van der Waals surface area (Å²) in [6.45, 7) is -0.244. The standard InChI is InChI=1S/C21H20F6N2O3S2/c1-14-17-4-2-3-5-18(17)33-19(14)29(34(30,31)11-10-28-13-20(22,23)24)12-15-6-8-16(9-7-15)32-21(25,26)27/h2-9,28H,10-13H2,1H3. The molecule has 0 aliphatic rings. The molecule has 0 atom stereocenters. The molecule has 0 spiro atoms. The number of rotatable bonds is 9. The third-order valence-electron chi connectivity index (χ3n) is 4.73. The van der Waals surface area contributed by atoms with E-state index in [1.165, 1.54) is 23.5 Å². The van der Waals surface area contributed by atoms with Crippen LogP contribution in [0.2, 0.25) is 0 Å². The average Bonchev–Trinajstić information content (AvgIpc) is 3.05. The van der Waals surface area contributed by atoms with Gasteiger partial charge in [-0.25, -0.2) is 8.42 Å². The molecule has 0 unspecified atom stereocenters. The zero-order valence-electron chi connectivity index (χ0n) is 17.7. The highest BCUT2D eigenvalue weighted by Crippen LogP contribution is 2.39. The van der Waals surface area contributed by atoms with Gasteiger partial charge in [0, 0.05) is 11.2 Å². The zero-order valence-corrected chi connectivity index (χ0v) is 19.3. The zero-order chi connectivity index (χ0) is 25.1. The summed E-state index contributed by atoms with van der Waals surface area (Å²) in [5.74, 6) is -1.06. The molecule has 0 fully saturated rings. The Labute approximate surface area is 196 Å². The number of anilines is 1. The van der Waals surface area contributed by atoms with Gasteiger partial charge in [0.2, 0.25) is 10.0 Å². The molecule has 2 aromatic carbocycles. The maximum absolute atomic E-state index is 13.2. The van der Waals surface area contributed by atoms with E-state index in [1.807, 2.05) is 12.1 Å². The number of sulfonamides is 1. The fourth-order valence-electron chi connectivity index (χ4n) is 3.20. The predicted molar refractivity (Wildman–Crippen MR) is 119 cm³/mol. The molecule has 0 radical (unpaired) electrons. The van der Waals surface area contributed by atoms with E-state index >= 15 is 0 Å². The van der Waals surface area contributed by atoms with Gasteiger partial charge >= 0.3 is 12.5 Å². The minimum absolute atomic E-state index is 0.221. The van der Waals surface area contributed by atoms with E-state index in [-0.39, 0.29) is 6.54 Å². The number of halogens is 6. The van der Waals surface area contributed by atoms with Crippen molar-refractivity contribution in [1.82, 2.24) is 5.32 Å². The number of thiophene rings is 1. The molecule has 34 heavy (non-hydrogen) atoms. The van der Waals surface area contributed by atoms with Crippen LogP contribution in [0.25, 0.3) is 10.1 Å². The van der Waals surface area contributed by atoms with Crippen molar-refractivity contribution in [2.75, 3.05) is 23.1 Å². The van der Waals surface area contributed by atoms with Crippen LogP contribution in [0.4, 0.5) is 31.3 Å². The average molecular weight is 527 g/mol. The number of ether oxygens (including phenoxy) is 1. The van der Waals surface area contributed by atoms with Crippen LogP contribution >= 0.6 is 11.3 Å². The quantitative estimate of drug-likeness (QED) is 0.292. The van der Waals surface area contributed by atoms with Crippen molar-refractivity contribution in [3.05, 3.63) is 59.7 Å². The summed E-state index contributed by atoms with van der Waals surface area (Å²) in [6.07, 6.45) is -9.35. The van der Waals surface area contributed by atoms with Crippen molar-refractivity contribution in [1.29, 1.82) is 0 Å². The molecule has 0 amide bonds. The van der Waals surface area contributed by atoms with Crippen LogP contribution in [0.5, 0.6) is 5.75 Å². The van der Waals surface area contributed by atoms with Crippen LogP contribution < -0.4 is 14.4 Å². The molecule has 0 saturated carbocycles. The van der Waals surface area contributed by atoms with Crippen LogP contribution in [0.1, 0.15) is 11.1 Å². The Morgan fingerprint density at radius 2 is 1.65 bits per heavy atom. The lowest BCUT2D eigenvalue weighted by atomic mass is 10.2. The number of fused-ring (bicyclic) bond motifs is 1. The number of benzene rings is 2. The maximum Gasteiger partial charge on any atom is 0.573 e. The van der Waals surface area contributed by atoms with Crippen molar-refractivity contribution < 1.29 is 39.5 Å². The summed E-state index contributed by atoms with van der Waals surface area (Å²) >= 11 is 1.21. The molecule has 3 rings (SSSR count). The van der Waals surface area contributed by atoms with Crippen molar-refractivity contribution in [2.24, 2.45) is 0 Å². The molecule has 0 aliphatic carbocycles. The van der Waals surface area contributed by atoms with Crippen molar-refractivity contribution >= 4 is 36.4 Å². The van der Waals surface area contributed by atoms with Crippen LogP contribution in [0, 0.1) is 6.92 Å². The molecule has 1 N–H and O–H groups in total. The van der Waals surface area contributed by atoms with Gasteiger partial charge in [-0.3, -0.25) is 4.31 Å². The molecular formula is C21H20F6N2O3S2. The Hall–Kier alpha value is -2.51. The van der Waals surface area contributed by atoms with Gasteiger partial charge in [-0.15, -0.1) is 24.5 Å². The van der Waals surface area contributed by atoms with E-state index in [4.69, 9.17) is 0 Å². The van der Waals surface area contributed by atoms with Gasteiger partial charge in [-0.05, 0) is 41.6 Å². The Morgan fingerprint density at radius 1 is 1.00 bits per heavy atom. The van der Waals surface area contributed by atoms with Gasteiger partial charge in [0.05, 0.1) is 18.8 Å². The lowest BCUT2D eigenvalue weighted by Gasteiger charge is -2.24. The van der Waals surface area contributed by atoms with Crippen LogP contribution in [-0.2, 0) is 16.6 Å². The minimum Gasteiger partial charge on any atom is -0.406 e. The molecule has 5 nitrogen and oxygen atoms in total. The maximum atomic E-state index is 13.2. The van der Waals surface area contributed by atoms with Crippen LogP contribution in [0.15, 0.2) is 48.5 Å². The topological polar surface area (TPSA) is 58.6 Å². The number of nitrogens with zero attached hydrogens (tertiary/aromatic N) is 1. The second kappa shape index (κ2) is 10.0. The Balaban J connectivity index is 1.89. The molecule has 186 valence electrons. The SMILES string of the molecule is Cc1c(N(Cc2ccc(OC(F)(F)F)cc2)S(=O)(=O)CCNCC(F)(F)F)sc2ccccc12. The fourth-order valence-corrected chi connectivity index (χ4v) is 6.13. The second-order valence-corrected chi connectivity index (χ2v) is 10.4. The number of nitrogens with one attached hydrogen (secondary N) is 1. The highest BCUT2D eigenvalue weighted by Gasteiger charge is 2.31. The summed E-state index contributed by atoms with van der Waals surface area (Å²) < 4.78 is 107. The largest absolute Gasteiger partial charge is 0.573 e. The fraction of sp³-hybridized carbons (Fsp3) is 0.333. The van der Waals surface area contributed by atoms with E-state index in [1.54, 1.807) is 19.1 Å². The first-order valence-corrected chi connectivity index (χ1v) is 12.3. The molecule has 1 heterocycles. The van der Waals surface area contributed by atoms with E-state index in [0.29, 0.717) is 16.1 Å². The summed E-state index contributed by atoms with van der Waals surface area (Å²) in [5.41, 5.74) is 1.04. The van der Waals surface area contributed by atoms with Gasteiger partial charge < -0.3 is 10.1 Å². The molecule has 0 bridgehead atoms. The lowest BCUT2D eigenvalue weighted by molar-refractivity contribution is -0.274. The molecule has 13 heteroatoms. The first kappa shape index (κ1) is 26.1. The molecule has 0 aliphatic heterocycles. The molecule has 0 saturated heterocycles. The van der Waals surface area contributed by atoms with E-state index < -0.39 is 47.2 Å². The first-order valence-electron chi connectivity index (χ1n) is 9.86. The number of hydrogen-bond acceptors (Lipinski definition) is 5. The molecule has 3 aromatic rings. The monoisotopic (exact) mass is 526 g/mol. The van der Waals surface area contributed by atoms with E-state index in [0.717, 1.165) is 26.5 Å².